The summed E-state index contributed by atoms with van der Waals surface area (Å²) >= 11 is 0. The molecule has 168 valence electrons. The summed E-state index contributed by atoms with van der Waals surface area (Å²) in [6.45, 7) is 2.68. The predicted octanol–water partition coefficient (Wildman–Crippen LogP) is 3.65. The van der Waals surface area contributed by atoms with Gasteiger partial charge in [-0.1, -0.05) is 18.6 Å². The summed E-state index contributed by atoms with van der Waals surface area (Å²) in [5.41, 5.74) is 0.858. The van der Waals surface area contributed by atoms with Gasteiger partial charge in [0, 0.05) is 44.0 Å². The lowest BCUT2D eigenvalue weighted by molar-refractivity contribution is -0.142. The molecule has 31 heavy (non-hydrogen) atoms. The topological polar surface area (TPSA) is 41.4 Å². The number of carbonyl (C=O) groups excluding carboxylic acids is 1. The molecule has 1 aliphatic heterocycles. The molecule has 1 aliphatic carbocycles. The third kappa shape index (κ3) is 5.08. The van der Waals surface area contributed by atoms with Crippen molar-refractivity contribution in [2.75, 3.05) is 26.2 Å². The molecule has 5 nitrogen and oxygen atoms in total. The van der Waals surface area contributed by atoms with E-state index in [-0.39, 0.29) is 23.8 Å². The molecule has 0 saturated carbocycles. The Hall–Kier alpha value is -2.42. The molecule has 1 aromatic heterocycles. The highest BCUT2D eigenvalue weighted by Crippen LogP contribution is 2.35. The fourth-order valence-electron chi connectivity index (χ4n) is 4.48. The van der Waals surface area contributed by atoms with Crippen molar-refractivity contribution in [3.63, 3.8) is 0 Å². The van der Waals surface area contributed by atoms with Gasteiger partial charge >= 0.3 is 6.18 Å². The molecular weight excluding hydrogens is 412 g/mol. The average Bonchev–Trinajstić information content (AvgIpc) is 2.90. The van der Waals surface area contributed by atoms with Gasteiger partial charge in [0.2, 0.25) is 5.91 Å². The van der Waals surface area contributed by atoms with Gasteiger partial charge in [0.25, 0.3) is 0 Å². The molecule has 2 heterocycles. The highest BCUT2D eigenvalue weighted by Gasteiger charge is 2.39. The number of nitrogens with zero attached hydrogens (tertiary/aromatic N) is 4. The third-order valence-electron chi connectivity index (χ3n) is 6.08. The molecule has 1 saturated heterocycles. The SMILES string of the molecule is O=C(Cn1nc(C(F)(F)F)c2c1CCCCC2)N1CCN(Cc2cccc(F)c2)CC1. The van der Waals surface area contributed by atoms with Crippen LogP contribution in [0.4, 0.5) is 17.6 Å². The summed E-state index contributed by atoms with van der Waals surface area (Å²) in [6.07, 6.45) is -1.23. The second kappa shape index (κ2) is 8.98. The minimum Gasteiger partial charge on any atom is -0.339 e. The van der Waals surface area contributed by atoms with Gasteiger partial charge in [-0.15, -0.1) is 0 Å². The highest BCUT2D eigenvalue weighted by molar-refractivity contribution is 5.76. The van der Waals surface area contributed by atoms with E-state index >= 15 is 0 Å². The van der Waals surface area contributed by atoms with E-state index in [2.05, 4.69) is 10.00 Å². The standard InChI is InChI=1S/C22H26F4N4O/c23-17-6-4-5-16(13-17)14-28-9-11-29(12-10-28)20(31)15-30-19-8-3-1-2-7-18(19)21(27-30)22(24,25)26/h4-6,13H,1-3,7-12,14-15H2. The van der Waals surface area contributed by atoms with E-state index in [4.69, 9.17) is 0 Å². The first-order valence-electron chi connectivity index (χ1n) is 10.7. The van der Waals surface area contributed by atoms with Gasteiger partial charge in [-0.25, -0.2) is 4.39 Å². The Morgan fingerprint density at radius 1 is 1.03 bits per heavy atom. The van der Waals surface area contributed by atoms with E-state index in [9.17, 15) is 22.4 Å². The normalized spacial score (nSPS) is 18.0. The molecule has 0 atom stereocenters. The predicted molar refractivity (Wildman–Crippen MR) is 107 cm³/mol. The van der Waals surface area contributed by atoms with Crippen molar-refractivity contribution in [3.05, 3.63) is 52.6 Å². The molecule has 1 fully saturated rings. The van der Waals surface area contributed by atoms with Crippen molar-refractivity contribution in [1.29, 1.82) is 0 Å². The van der Waals surface area contributed by atoms with Crippen LogP contribution in [0.5, 0.6) is 0 Å². The van der Waals surface area contributed by atoms with Crippen molar-refractivity contribution >= 4 is 5.91 Å². The number of halogens is 4. The number of piperazine rings is 1. The molecule has 4 rings (SSSR count). The molecule has 9 heteroatoms. The average molecular weight is 438 g/mol. The van der Waals surface area contributed by atoms with Gasteiger partial charge in [-0.2, -0.15) is 18.3 Å². The zero-order valence-electron chi connectivity index (χ0n) is 17.3. The summed E-state index contributed by atoms with van der Waals surface area (Å²) in [5, 5.41) is 3.82. The second-order valence-corrected chi connectivity index (χ2v) is 8.28. The Kier molecular flexibility index (Phi) is 6.31. The molecule has 0 radical (unpaired) electrons. The monoisotopic (exact) mass is 438 g/mol. The number of hydrogen-bond acceptors (Lipinski definition) is 3. The molecule has 1 amide bonds. The van der Waals surface area contributed by atoms with E-state index in [1.54, 1.807) is 11.0 Å². The van der Waals surface area contributed by atoms with Crippen LogP contribution in [0.2, 0.25) is 0 Å². The number of alkyl halides is 3. The smallest absolute Gasteiger partial charge is 0.339 e. The molecule has 2 aromatic rings. The summed E-state index contributed by atoms with van der Waals surface area (Å²) < 4.78 is 55.0. The van der Waals surface area contributed by atoms with Crippen molar-refractivity contribution in [3.8, 4) is 0 Å². The maximum atomic E-state index is 13.5. The van der Waals surface area contributed by atoms with Gasteiger partial charge in [-0.3, -0.25) is 14.4 Å². The Labute approximate surface area is 178 Å². The first kappa shape index (κ1) is 21.8. The molecule has 0 spiro atoms. The van der Waals surface area contributed by atoms with Gasteiger partial charge in [-0.05, 0) is 43.4 Å². The zero-order valence-corrected chi connectivity index (χ0v) is 17.3. The lowest BCUT2D eigenvalue weighted by atomic mass is 10.1. The number of aromatic nitrogens is 2. The Bertz CT molecular complexity index is 932. The number of benzene rings is 1. The van der Waals surface area contributed by atoms with Crippen LogP contribution in [0.15, 0.2) is 24.3 Å². The van der Waals surface area contributed by atoms with E-state index in [1.807, 2.05) is 6.07 Å². The number of fused-ring (bicyclic) bond motifs is 1. The van der Waals surface area contributed by atoms with Crippen LogP contribution in [0.1, 0.15) is 41.8 Å². The minimum absolute atomic E-state index is 0.164. The highest BCUT2D eigenvalue weighted by atomic mass is 19.4. The van der Waals surface area contributed by atoms with Crippen molar-refractivity contribution in [2.45, 2.75) is 51.4 Å². The van der Waals surface area contributed by atoms with Crippen LogP contribution in [0.25, 0.3) is 0 Å². The number of hydrogen-bond donors (Lipinski definition) is 0. The van der Waals surface area contributed by atoms with Gasteiger partial charge < -0.3 is 4.90 Å². The molecule has 1 aromatic carbocycles. The summed E-state index contributed by atoms with van der Waals surface area (Å²) in [6, 6.07) is 6.44. The third-order valence-corrected chi connectivity index (χ3v) is 6.08. The fourth-order valence-corrected chi connectivity index (χ4v) is 4.48. The molecule has 0 N–H and O–H groups in total. The van der Waals surface area contributed by atoms with E-state index in [1.165, 1.54) is 16.8 Å². The van der Waals surface area contributed by atoms with Gasteiger partial charge in [0.05, 0.1) is 0 Å². The second-order valence-electron chi connectivity index (χ2n) is 8.28. The number of rotatable bonds is 4. The fraction of sp³-hybridized carbons (Fsp3) is 0.545. The maximum Gasteiger partial charge on any atom is 0.435 e. The summed E-state index contributed by atoms with van der Waals surface area (Å²) in [7, 11) is 0. The van der Waals surface area contributed by atoms with Crippen molar-refractivity contribution < 1.29 is 22.4 Å². The van der Waals surface area contributed by atoms with Crippen LogP contribution in [0.3, 0.4) is 0 Å². The van der Waals surface area contributed by atoms with Crippen LogP contribution < -0.4 is 0 Å². The zero-order chi connectivity index (χ0) is 22.0. The first-order chi connectivity index (χ1) is 14.8. The molecule has 0 bridgehead atoms. The van der Waals surface area contributed by atoms with Crippen LogP contribution >= 0.6 is 0 Å². The Morgan fingerprint density at radius 3 is 2.48 bits per heavy atom. The van der Waals surface area contributed by atoms with Crippen molar-refractivity contribution in [1.82, 2.24) is 19.6 Å². The molecular formula is C22H26F4N4O. The van der Waals surface area contributed by atoms with Crippen LogP contribution in [0, 0.1) is 5.82 Å². The van der Waals surface area contributed by atoms with E-state index in [0.717, 1.165) is 18.4 Å². The number of amides is 1. The largest absolute Gasteiger partial charge is 0.435 e. The number of carbonyl (C=O) groups is 1. The quantitative estimate of drug-likeness (QED) is 0.541. The van der Waals surface area contributed by atoms with Gasteiger partial charge in [0.15, 0.2) is 5.69 Å². The lowest BCUT2D eigenvalue weighted by Crippen LogP contribution is -2.49. The summed E-state index contributed by atoms with van der Waals surface area (Å²) in [5.74, 6) is -0.489. The van der Waals surface area contributed by atoms with E-state index in [0.29, 0.717) is 57.7 Å². The summed E-state index contributed by atoms with van der Waals surface area (Å²) in [4.78, 5) is 16.6. The lowest BCUT2D eigenvalue weighted by Gasteiger charge is -2.34. The maximum absolute atomic E-state index is 13.5. The Balaban J connectivity index is 1.40. The molecule has 0 unspecified atom stereocenters. The Morgan fingerprint density at radius 2 is 1.77 bits per heavy atom. The van der Waals surface area contributed by atoms with E-state index < -0.39 is 11.9 Å². The van der Waals surface area contributed by atoms with Crippen LogP contribution in [-0.2, 0) is 36.9 Å². The van der Waals surface area contributed by atoms with Gasteiger partial charge in [0.1, 0.15) is 12.4 Å². The minimum atomic E-state index is -4.51. The van der Waals surface area contributed by atoms with Crippen molar-refractivity contribution in [2.24, 2.45) is 0 Å². The molecule has 2 aliphatic rings. The van der Waals surface area contributed by atoms with Crippen LogP contribution in [-0.4, -0.2) is 51.7 Å². The first-order valence-corrected chi connectivity index (χ1v) is 10.7.